The molecule has 65 heavy (non-hydrogen) atoms. The lowest BCUT2D eigenvalue weighted by Gasteiger charge is -2.18. The van der Waals surface area contributed by atoms with Gasteiger partial charge >= 0.3 is 17.9 Å². The molecule has 1 unspecified atom stereocenters. The Hall–Kier alpha value is -2.89. The molecule has 0 aliphatic carbocycles. The molecule has 6 heteroatoms. The highest BCUT2D eigenvalue weighted by molar-refractivity contribution is 5.71. The zero-order valence-electron chi connectivity index (χ0n) is 43.0. The summed E-state index contributed by atoms with van der Waals surface area (Å²) in [6, 6.07) is 0. The molecular weight excluding hydrogens is 805 g/mol. The van der Waals surface area contributed by atoms with E-state index >= 15 is 0 Å². The number of ether oxygens (including phenoxy) is 3. The molecule has 0 N–H and O–H groups in total. The number of carbonyl (C=O) groups is 3. The number of esters is 3. The fourth-order valence-electron chi connectivity index (χ4n) is 7.85. The number of hydrogen-bond donors (Lipinski definition) is 0. The maximum atomic E-state index is 12.8. The number of hydrogen-bond acceptors (Lipinski definition) is 6. The minimum atomic E-state index is -0.775. The van der Waals surface area contributed by atoms with Crippen LogP contribution in [-0.4, -0.2) is 37.2 Å². The van der Waals surface area contributed by atoms with Crippen molar-refractivity contribution >= 4 is 17.9 Å². The smallest absolute Gasteiger partial charge is 0.306 e. The lowest BCUT2D eigenvalue weighted by atomic mass is 10.0. The van der Waals surface area contributed by atoms with Crippen LogP contribution in [0.4, 0.5) is 0 Å². The Labute approximate surface area is 402 Å². The van der Waals surface area contributed by atoms with E-state index < -0.39 is 6.10 Å². The average molecular weight is 909 g/mol. The molecule has 0 aromatic heterocycles. The van der Waals surface area contributed by atoms with Gasteiger partial charge in [0.15, 0.2) is 6.10 Å². The second-order valence-corrected chi connectivity index (χ2v) is 18.5. The van der Waals surface area contributed by atoms with Crippen LogP contribution in [0.25, 0.3) is 0 Å². The van der Waals surface area contributed by atoms with Gasteiger partial charge in [-0.05, 0) is 77.0 Å². The summed E-state index contributed by atoms with van der Waals surface area (Å²) in [6.07, 6.45) is 66.4. The van der Waals surface area contributed by atoms with Crippen LogP contribution in [0.3, 0.4) is 0 Å². The SMILES string of the molecule is CC/C=C\C/C=C\C/C=C\C/C=C\CCCCCCCCCCCCC(=O)OCC(COC(=O)CCCCCCC/C=C\CCC)OC(=O)CCCCCCCCCCCCCCCC. The molecule has 6 nitrogen and oxygen atoms in total. The first kappa shape index (κ1) is 62.1. The summed E-state index contributed by atoms with van der Waals surface area (Å²) in [5.41, 5.74) is 0. The van der Waals surface area contributed by atoms with Gasteiger partial charge in [0.25, 0.3) is 0 Å². The van der Waals surface area contributed by atoms with Gasteiger partial charge in [0.2, 0.25) is 0 Å². The van der Waals surface area contributed by atoms with Gasteiger partial charge in [-0.3, -0.25) is 14.4 Å². The molecule has 0 saturated carbocycles. The van der Waals surface area contributed by atoms with Gasteiger partial charge in [0.05, 0.1) is 0 Å². The minimum Gasteiger partial charge on any atom is -0.462 e. The number of unbranched alkanes of at least 4 members (excludes halogenated alkanes) is 29. The van der Waals surface area contributed by atoms with Crippen LogP contribution in [0.5, 0.6) is 0 Å². The van der Waals surface area contributed by atoms with Crippen molar-refractivity contribution < 1.29 is 28.6 Å². The van der Waals surface area contributed by atoms with Gasteiger partial charge in [-0.2, -0.15) is 0 Å². The Bertz CT molecular complexity index is 1180. The highest BCUT2D eigenvalue weighted by atomic mass is 16.6. The molecule has 0 spiro atoms. The van der Waals surface area contributed by atoms with Gasteiger partial charge < -0.3 is 14.2 Å². The van der Waals surface area contributed by atoms with Gasteiger partial charge in [-0.25, -0.2) is 0 Å². The van der Waals surface area contributed by atoms with E-state index in [9.17, 15) is 14.4 Å². The fraction of sp³-hybridized carbons (Fsp3) is 0.780. The van der Waals surface area contributed by atoms with E-state index in [0.717, 1.165) is 96.3 Å². The highest BCUT2D eigenvalue weighted by Gasteiger charge is 2.19. The van der Waals surface area contributed by atoms with Crippen molar-refractivity contribution in [2.45, 2.75) is 284 Å². The second-order valence-electron chi connectivity index (χ2n) is 18.5. The lowest BCUT2D eigenvalue weighted by Crippen LogP contribution is -2.30. The maximum absolute atomic E-state index is 12.8. The molecule has 0 rings (SSSR count). The zero-order chi connectivity index (χ0) is 47.2. The third kappa shape index (κ3) is 51.9. The first-order valence-corrected chi connectivity index (χ1v) is 27.8. The standard InChI is InChI=1S/C59H104O6/c1-4-7-10-13-16-19-22-24-26-27-28-29-30-31-32-33-34-36-37-40-43-46-49-52-58(61)64-55-56(54-63-57(60)51-48-45-42-39-21-18-15-12-9-6-3)65-59(62)53-50-47-44-41-38-35-25-23-20-17-14-11-8-5-2/h7,10,12,15-16,19,24,26,28-29,56H,4-6,8-9,11,13-14,17-18,20-23,25,27,30-55H2,1-3H3/b10-7-,15-12-,19-16-,26-24-,29-28-. The Morgan fingerprint density at radius 1 is 0.323 bits per heavy atom. The monoisotopic (exact) mass is 909 g/mol. The summed E-state index contributed by atoms with van der Waals surface area (Å²) in [7, 11) is 0. The summed E-state index contributed by atoms with van der Waals surface area (Å²) in [5, 5.41) is 0. The molecule has 0 aliphatic heterocycles. The first-order chi connectivity index (χ1) is 32.0. The number of rotatable bonds is 50. The third-order valence-corrected chi connectivity index (χ3v) is 12.0. The topological polar surface area (TPSA) is 78.9 Å². The van der Waals surface area contributed by atoms with Crippen LogP contribution >= 0.6 is 0 Å². The van der Waals surface area contributed by atoms with Crippen molar-refractivity contribution in [1.29, 1.82) is 0 Å². The Kier molecular flexibility index (Phi) is 51.3. The Morgan fingerprint density at radius 3 is 1.02 bits per heavy atom. The van der Waals surface area contributed by atoms with E-state index in [-0.39, 0.29) is 31.1 Å². The summed E-state index contributed by atoms with van der Waals surface area (Å²) >= 11 is 0. The lowest BCUT2D eigenvalue weighted by molar-refractivity contribution is -0.167. The molecule has 0 radical (unpaired) electrons. The molecule has 376 valence electrons. The largest absolute Gasteiger partial charge is 0.462 e. The molecule has 0 aliphatic rings. The van der Waals surface area contributed by atoms with Gasteiger partial charge in [-0.15, -0.1) is 0 Å². The third-order valence-electron chi connectivity index (χ3n) is 12.0. The minimum absolute atomic E-state index is 0.0766. The van der Waals surface area contributed by atoms with Crippen LogP contribution in [0.15, 0.2) is 60.8 Å². The van der Waals surface area contributed by atoms with E-state index in [0.29, 0.717) is 19.3 Å². The van der Waals surface area contributed by atoms with Crippen molar-refractivity contribution in [3.8, 4) is 0 Å². The maximum Gasteiger partial charge on any atom is 0.306 e. The van der Waals surface area contributed by atoms with Crippen LogP contribution in [-0.2, 0) is 28.6 Å². The van der Waals surface area contributed by atoms with Gasteiger partial charge in [-0.1, -0.05) is 242 Å². The van der Waals surface area contributed by atoms with E-state index in [1.54, 1.807) is 0 Å². The van der Waals surface area contributed by atoms with E-state index in [4.69, 9.17) is 14.2 Å². The fourth-order valence-corrected chi connectivity index (χ4v) is 7.85. The van der Waals surface area contributed by atoms with E-state index in [2.05, 4.69) is 81.5 Å². The molecule has 0 heterocycles. The molecular formula is C59H104O6. The van der Waals surface area contributed by atoms with Crippen molar-refractivity contribution in [3.63, 3.8) is 0 Å². The molecule has 0 aromatic carbocycles. The molecule has 0 fully saturated rings. The number of allylic oxidation sites excluding steroid dienone is 10. The summed E-state index contributed by atoms with van der Waals surface area (Å²) in [6.45, 7) is 6.47. The van der Waals surface area contributed by atoms with E-state index in [1.165, 1.54) is 141 Å². The summed E-state index contributed by atoms with van der Waals surface area (Å²) in [4.78, 5) is 38.0. The quantitative estimate of drug-likeness (QED) is 0.0262. The van der Waals surface area contributed by atoms with Crippen molar-refractivity contribution in [2.75, 3.05) is 13.2 Å². The molecule has 1 atom stereocenters. The average Bonchev–Trinajstić information content (AvgIpc) is 3.30. The predicted molar refractivity (Wildman–Crippen MR) is 279 cm³/mol. The van der Waals surface area contributed by atoms with Gasteiger partial charge in [0, 0.05) is 19.3 Å². The van der Waals surface area contributed by atoms with Crippen LogP contribution in [0.1, 0.15) is 278 Å². The molecule has 0 aromatic rings. The predicted octanol–water partition coefficient (Wildman–Crippen LogP) is 18.4. The molecule has 0 amide bonds. The Morgan fingerprint density at radius 2 is 0.631 bits per heavy atom. The van der Waals surface area contributed by atoms with Crippen LogP contribution in [0.2, 0.25) is 0 Å². The first-order valence-electron chi connectivity index (χ1n) is 27.8. The zero-order valence-corrected chi connectivity index (χ0v) is 43.0. The Balaban J connectivity index is 4.25. The number of carbonyl (C=O) groups excluding carboxylic acids is 3. The van der Waals surface area contributed by atoms with Gasteiger partial charge in [0.1, 0.15) is 13.2 Å². The van der Waals surface area contributed by atoms with Crippen LogP contribution < -0.4 is 0 Å². The van der Waals surface area contributed by atoms with Crippen molar-refractivity contribution in [3.05, 3.63) is 60.8 Å². The summed E-state index contributed by atoms with van der Waals surface area (Å²) < 4.78 is 16.8. The van der Waals surface area contributed by atoms with Crippen molar-refractivity contribution in [2.24, 2.45) is 0 Å². The molecule has 0 saturated heterocycles. The van der Waals surface area contributed by atoms with Crippen LogP contribution in [0, 0.1) is 0 Å². The summed E-state index contributed by atoms with van der Waals surface area (Å²) in [5.74, 6) is -0.882. The van der Waals surface area contributed by atoms with E-state index in [1.807, 2.05) is 0 Å². The normalized spacial score (nSPS) is 12.5. The second kappa shape index (κ2) is 53.7. The highest BCUT2D eigenvalue weighted by Crippen LogP contribution is 2.16. The van der Waals surface area contributed by atoms with Crippen molar-refractivity contribution in [1.82, 2.24) is 0 Å². The molecule has 0 bridgehead atoms.